The zero-order chi connectivity index (χ0) is 20.0. The van der Waals surface area contributed by atoms with Gasteiger partial charge in [-0.3, -0.25) is 14.6 Å². The topological polar surface area (TPSA) is 51.2 Å². The van der Waals surface area contributed by atoms with Crippen LogP contribution in [0.1, 0.15) is 41.7 Å². The van der Waals surface area contributed by atoms with Gasteiger partial charge in [-0.15, -0.1) is 0 Å². The van der Waals surface area contributed by atoms with E-state index in [2.05, 4.69) is 64.9 Å². The van der Waals surface area contributed by atoms with Crippen LogP contribution in [0.25, 0.3) is 16.8 Å². The molecule has 4 aromatic rings. The van der Waals surface area contributed by atoms with Crippen molar-refractivity contribution in [1.29, 1.82) is 0 Å². The van der Waals surface area contributed by atoms with Crippen molar-refractivity contribution >= 4 is 5.65 Å². The SMILES string of the molecule is Cc1cc(-c2cnn(C)c2)cc([C@H]2CCCN2Cc2c(C)nc3ccccn23)n1. The number of rotatable bonds is 4. The summed E-state index contributed by atoms with van der Waals surface area (Å²) >= 11 is 0. The predicted octanol–water partition coefficient (Wildman–Crippen LogP) is 4.08. The number of aryl methyl sites for hydroxylation is 3. The highest BCUT2D eigenvalue weighted by atomic mass is 15.2. The van der Waals surface area contributed by atoms with Crippen molar-refractivity contribution < 1.29 is 0 Å². The van der Waals surface area contributed by atoms with Crippen LogP contribution >= 0.6 is 0 Å². The van der Waals surface area contributed by atoms with Crippen molar-refractivity contribution in [3.63, 3.8) is 0 Å². The van der Waals surface area contributed by atoms with E-state index < -0.39 is 0 Å². The number of imidazole rings is 1. The average Bonchev–Trinajstić information content (AvgIpc) is 3.41. The van der Waals surface area contributed by atoms with E-state index in [1.165, 1.54) is 17.7 Å². The Labute approximate surface area is 170 Å². The first-order valence-electron chi connectivity index (χ1n) is 10.2. The maximum atomic E-state index is 4.92. The molecule has 1 fully saturated rings. The van der Waals surface area contributed by atoms with Gasteiger partial charge in [0, 0.05) is 37.2 Å². The molecular formula is C23H26N6. The normalized spacial score (nSPS) is 17.4. The minimum atomic E-state index is 0.332. The second-order valence-corrected chi connectivity index (χ2v) is 8.03. The zero-order valence-corrected chi connectivity index (χ0v) is 17.2. The summed E-state index contributed by atoms with van der Waals surface area (Å²) in [4.78, 5) is 12.2. The van der Waals surface area contributed by atoms with Crippen LogP contribution in [0, 0.1) is 13.8 Å². The number of aromatic nitrogens is 5. The molecule has 4 aromatic heterocycles. The first-order chi connectivity index (χ1) is 14.1. The molecule has 0 N–H and O–H groups in total. The molecule has 1 saturated heterocycles. The second kappa shape index (κ2) is 7.12. The third kappa shape index (κ3) is 3.34. The largest absolute Gasteiger partial charge is 0.302 e. The molecule has 0 bridgehead atoms. The summed E-state index contributed by atoms with van der Waals surface area (Å²) in [5.41, 5.74) is 7.94. The van der Waals surface area contributed by atoms with E-state index in [1.54, 1.807) is 0 Å². The van der Waals surface area contributed by atoms with E-state index in [1.807, 2.05) is 24.0 Å². The molecule has 1 aliphatic rings. The van der Waals surface area contributed by atoms with Crippen molar-refractivity contribution in [1.82, 2.24) is 29.0 Å². The molecule has 1 atom stereocenters. The molecule has 0 unspecified atom stereocenters. The number of hydrogen-bond donors (Lipinski definition) is 0. The Bertz CT molecular complexity index is 1170. The van der Waals surface area contributed by atoms with Crippen LogP contribution in [0.2, 0.25) is 0 Å². The predicted molar refractivity (Wildman–Crippen MR) is 113 cm³/mol. The summed E-state index contributed by atoms with van der Waals surface area (Å²) in [5.74, 6) is 0. The monoisotopic (exact) mass is 386 g/mol. The smallest absolute Gasteiger partial charge is 0.137 e. The molecule has 5 heterocycles. The Hall–Kier alpha value is -2.99. The quantitative estimate of drug-likeness (QED) is 0.530. The summed E-state index contributed by atoms with van der Waals surface area (Å²) in [6.07, 6.45) is 8.43. The van der Waals surface area contributed by atoms with E-state index in [-0.39, 0.29) is 0 Å². The molecule has 0 aliphatic carbocycles. The van der Waals surface area contributed by atoms with Gasteiger partial charge in [0.15, 0.2) is 0 Å². The molecule has 0 spiro atoms. The Morgan fingerprint density at radius 2 is 2.00 bits per heavy atom. The molecule has 6 nitrogen and oxygen atoms in total. The molecule has 1 aliphatic heterocycles. The van der Waals surface area contributed by atoms with Gasteiger partial charge in [-0.05, 0) is 63.1 Å². The summed E-state index contributed by atoms with van der Waals surface area (Å²) in [5, 5.41) is 4.33. The maximum Gasteiger partial charge on any atom is 0.137 e. The average molecular weight is 387 g/mol. The third-order valence-electron chi connectivity index (χ3n) is 5.90. The van der Waals surface area contributed by atoms with Crippen molar-refractivity contribution in [2.75, 3.05) is 6.54 Å². The van der Waals surface area contributed by atoms with Gasteiger partial charge in [-0.2, -0.15) is 5.10 Å². The molecule has 0 radical (unpaired) electrons. The molecule has 0 saturated carbocycles. The Kier molecular flexibility index (Phi) is 4.43. The molecular weight excluding hydrogens is 360 g/mol. The van der Waals surface area contributed by atoms with Crippen LogP contribution < -0.4 is 0 Å². The minimum Gasteiger partial charge on any atom is -0.302 e. The van der Waals surface area contributed by atoms with E-state index in [0.717, 1.165) is 47.8 Å². The summed E-state index contributed by atoms with van der Waals surface area (Å²) < 4.78 is 4.07. The third-order valence-corrected chi connectivity index (χ3v) is 5.90. The number of pyridine rings is 2. The van der Waals surface area contributed by atoms with E-state index in [0.29, 0.717) is 6.04 Å². The lowest BCUT2D eigenvalue weighted by molar-refractivity contribution is 0.240. The molecule has 5 rings (SSSR count). The van der Waals surface area contributed by atoms with Crippen LogP contribution in [-0.4, -0.2) is 35.6 Å². The van der Waals surface area contributed by atoms with Gasteiger partial charge in [0.1, 0.15) is 5.65 Å². The highest BCUT2D eigenvalue weighted by molar-refractivity contribution is 5.62. The molecule has 6 heteroatoms. The Balaban J connectivity index is 1.48. The van der Waals surface area contributed by atoms with Crippen LogP contribution in [0.5, 0.6) is 0 Å². The fourth-order valence-corrected chi connectivity index (χ4v) is 4.50. The number of nitrogens with zero attached hydrogens (tertiary/aromatic N) is 6. The standard InChI is InChI=1S/C23H26N6/c1-16-11-18(19-13-24-27(3)14-19)12-20(25-16)21-7-6-9-28(21)15-22-17(2)26-23-8-4-5-10-29(22)23/h4-5,8,10-14,21H,6-7,9,15H2,1-3H3/t21-/m1/s1. The number of hydrogen-bond acceptors (Lipinski definition) is 4. The van der Waals surface area contributed by atoms with Crippen molar-refractivity contribution in [3.8, 4) is 11.1 Å². The van der Waals surface area contributed by atoms with Gasteiger partial charge in [-0.25, -0.2) is 4.98 Å². The Morgan fingerprint density at radius 1 is 1.10 bits per heavy atom. The fraction of sp³-hybridized carbons (Fsp3) is 0.348. The maximum absolute atomic E-state index is 4.92. The summed E-state index contributed by atoms with van der Waals surface area (Å²) in [6.45, 7) is 6.16. The summed E-state index contributed by atoms with van der Waals surface area (Å²) in [7, 11) is 1.95. The van der Waals surface area contributed by atoms with Gasteiger partial charge in [0.05, 0.1) is 29.3 Å². The molecule has 148 valence electrons. The van der Waals surface area contributed by atoms with E-state index in [9.17, 15) is 0 Å². The molecule has 0 amide bonds. The highest BCUT2D eigenvalue weighted by Gasteiger charge is 2.29. The second-order valence-electron chi connectivity index (χ2n) is 8.03. The highest BCUT2D eigenvalue weighted by Crippen LogP contribution is 2.34. The fourth-order valence-electron chi connectivity index (χ4n) is 4.50. The van der Waals surface area contributed by atoms with Gasteiger partial charge in [0.2, 0.25) is 0 Å². The van der Waals surface area contributed by atoms with Gasteiger partial charge < -0.3 is 4.40 Å². The van der Waals surface area contributed by atoms with Crippen LogP contribution in [-0.2, 0) is 13.6 Å². The number of likely N-dealkylation sites (tertiary alicyclic amines) is 1. The first kappa shape index (κ1) is 18.1. The van der Waals surface area contributed by atoms with Crippen LogP contribution in [0.15, 0.2) is 48.9 Å². The molecule has 29 heavy (non-hydrogen) atoms. The lowest BCUT2D eigenvalue weighted by Gasteiger charge is -2.25. The van der Waals surface area contributed by atoms with Gasteiger partial charge in [0.25, 0.3) is 0 Å². The van der Waals surface area contributed by atoms with Gasteiger partial charge >= 0.3 is 0 Å². The van der Waals surface area contributed by atoms with E-state index >= 15 is 0 Å². The van der Waals surface area contributed by atoms with Crippen molar-refractivity contribution in [2.45, 2.75) is 39.3 Å². The van der Waals surface area contributed by atoms with Crippen molar-refractivity contribution in [3.05, 3.63) is 71.7 Å². The van der Waals surface area contributed by atoms with Crippen LogP contribution in [0.3, 0.4) is 0 Å². The Morgan fingerprint density at radius 3 is 2.83 bits per heavy atom. The van der Waals surface area contributed by atoms with Crippen LogP contribution in [0.4, 0.5) is 0 Å². The van der Waals surface area contributed by atoms with Gasteiger partial charge in [-0.1, -0.05) is 6.07 Å². The minimum absolute atomic E-state index is 0.332. The zero-order valence-electron chi connectivity index (χ0n) is 17.2. The van der Waals surface area contributed by atoms with E-state index in [4.69, 9.17) is 9.97 Å². The first-order valence-corrected chi connectivity index (χ1v) is 10.2. The lowest BCUT2D eigenvalue weighted by Crippen LogP contribution is -2.24. The molecule has 0 aromatic carbocycles. The lowest BCUT2D eigenvalue weighted by atomic mass is 10.0. The number of fused-ring (bicyclic) bond motifs is 1. The summed E-state index contributed by atoms with van der Waals surface area (Å²) in [6, 6.07) is 10.9. The van der Waals surface area contributed by atoms with Crippen molar-refractivity contribution in [2.24, 2.45) is 7.05 Å².